The molecule has 0 saturated carbocycles. The number of hydrogen-bond donors (Lipinski definition) is 10. The maximum atomic E-state index is 10.8. The van der Waals surface area contributed by atoms with Crippen LogP contribution >= 0.6 is 0 Å². The van der Waals surface area contributed by atoms with Gasteiger partial charge in [-0.05, 0) is 0 Å². The zero-order valence-electron chi connectivity index (χ0n) is 18.4. The molecule has 0 bridgehead atoms. The Labute approximate surface area is 235 Å². The monoisotopic (exact) mass is 729 g/mol. The first-order valence-corrected chi connectivity index (χ1v) is 10.6. The molecular formula is C18H32AcNO15-. The molecule has 0 aromatic rings. The van der Waals surface area contributed by atoms with E-state index in [1.54, 1.807) is 0 Å². The van der Waals surface area contributed by atoms with Gasteiger partial charge in [-0.15, -0.1) is 0 Å². The van der Waals surface area contributed by atoms with Crippen LogP contribution in [0.15, 0.2) is 0 Å². The van der Waals surface area contributed by atoms with E-state index < -0.39 is 112 Å². The Kier molecular flexibility index (Phi) is 12.6. The SMILES string of the molecule is [Ac].[NH-]C1C(O)OC(CO)C(OC2OC(CO)C(O)C(OC3OC(CO)C(O)C(O)C3O)C2O)C1O. The molecule has 1 radical (unpaired) electrons. The number of rotatable bonds is 7. The molecule has 0 amide bonds. The van der Waals surface area contributed by atoms with Gasteiger partial charge in [0, 0.05) is 44.1 Å². The van der Waals surface area contributed by atoms with Gasteiger partial charge in [-0.3, -0.25) is 0 Å². The van der Waals surface area contributed by atoms with E-state index in [9.17, 15) is 51.1 Å². The Balaban J connectivity index is 0.00000432. The summed E-state index contributed by atoms with van der Waals surface area (Å²) < 4.78 is 26.5. The van der Waals surface area contributed by atoms with E-state index in [4.69, 9.17) is 29.4 Å². The number of aliphatic hydroxyl groups is 10. The predicted molar refractivity (Wildman–Crippen MR) is 103 cm³/mol. The van der Waals surface area contributed by atoms with Crippen molar-refractivity contribution in [2.45, 2.75) is 92.1 Å². The van der Waals surface area contributed by atoms with Crippen LogP contribution in [-0.2, 0) is 23.7 Å². The van der Waals surface area contributed by atoms with Gasteiger partial charge in [0.05, 0.1) is 25.9 Å². The van der Waals surface area contributed by atoms with E-state index >= 15 is 0 Å². The Morgan fingerprint density at radius 3 is 1.57 bits per heavy atom. The molecule has 0 aromatic carbocycles. The first-order chi connectivity index (χ1) is 16.0. The summed E-state index contributed by atoms with van der Waals surface area (Å²) in [6.07, 6.45) is -23.1. The molecule has 3 saturated heterocycles. The average Bonchev–Trinajstić information content (AvgIpc) is 2.83. The van der Waals surface area contributed by atoms with Gasteiger partial charge in [0.2, 0.25) is 0 Å². The molecule has 0 aliphatic carbocycles. The van der Waals surface area contributed by atoms with Crippen LogP contribution in [0.2, 0.25) is 0 Å². The van der Waals surface area contributed by atoms with Gasteiger partial charge in [-0.1, -0.05) is 6.04 Å². The summed E-state index contributed by atoms with van der Waals surface area (Å²) in [5.74, 6) is 0. The summed E-state index contributed by atoms with van der Waals surface area (Å²) in [5.41, 5.74) is 7.76. The van der Waals surface area contributed by atoms with Crippen LogP contribution in [0.1, 0.15) is 0 Å². The largest absolute Gasteiger partial charge is 0.668 e. The topological polar surface area (TPSA) is 272 Å². The van der Waals surface area contributed by atoms with Crippen LogP contribution in [0.3, 0.4) is 0 Å². The summed E-state index contributed by atoms with van der Waals surface area (Å²) >= 11 is 0. The molecule has 35 heavy (non-hydrogen) atoms. The fourth-order valence-corrected chi connectivity index (χ4v) is 4.07. The smallest absolute Gasteiger partial charge is 0.187 e. The van der Waals surface area contributed by atoms with Gasteiger partial charge in [-0.25, -0.2) is 0 Å². The van der Waals surface area contributed by atoms with E-state index in [0.717, 1.165) is 0 Å². The van der Waals surface area contributed by atoms with E-state index in [2.05, 4.69) is 0 Å². The summed E-state index contributed by atoms with van der Waals surface area (Å²) in [5, 5.41) is 99.7. The van der Waals surface area contributed by atoms with Gasteiger partial charge in [-0.2, -0.15) is 0 Å². The maximum Gasteiger partial charge on any atom is 0.187 e. The summed E-state index contributed by atoms with van der Waals surface area (Å²) in [6.45, 7) is -2.29. The number of ether oxygens (including phenoxy) is 5. The Bertz CT molecular complexity index is 649. The molecule has 3 aliphatic rings. The molecule has 11 N–H and O–H groups in total. The van der Waals surface area contributed by atoms with Crippen molar-refractivity contribution in [1.82, 2.24) is 0 Å². The molecule has 15 unspecified atom stereocenters. The third-order valence-electron chi connectivity index (χ3n) is 6.13. The summed E-state index contributed by atoms with van der Waals surface area (Å²) in [6, 6.07) is -1.59. The minimum atomic E-state index is -1.88. The van der Waals surface area contributed by atoms with Crippen LogP contribution in [0.4, 0.5) is 0 Å². The summed E-state index contributed by atoms with van der Waals surface area (Å²) in [4.78, 5) is 0. The predicted octanol–water partition coefficient (Wildman–Crippen LogP) is -6.51. The fourth-order valence-electron chi connectivity index (χ4n) is 4.07. The molecule has 203 valence electrons. The van der Waals surface area contributed by atoms with Gasteiger partial charge in [0.15, 0.2) is 12.6 Å². The number of aliphatic hydroxyl groups excluding tert-OH is 10. The molecule has 0 aromatic heterocycles. The second-order valence-electron chi connectivity index (χ2n) is 8.37. The van der Waals surface area contributed by atoms with Crippen molar-refractivity contribution in [3.05, 3.63) is 5.73 Å². The van der Waals surface area contributed by atoms with Crippen molar-refractivity contribution in [3.8, 4) is 0 Å². The molecule has 16 nitrogen and oxygen atoms in total. The molecular weight excluding hydrogens is 697 g/mol. The number of hydrogen-bond acceptors (Lipinski definition) is 15. The molecule has 15 atom stereocenters. The van der Waals surface area contributed by atoms with Crippen LogP contribution < -0.4 is 0 Å². The minimum absolute atomic E-state index is 0. The zero-order valence-corrected chi connectivity index (χ0v) is 23.1. The zero-order chi connectivity index (χ0) is 25.3. The molecule has 3 aliphatic heterocycles. The van der Waals surface area contributed by atoms with Gasteiger partial charge in [0.1, 0.15) is 67.3 Å². The van der Waals surface area contributed by atoms with Crippen molar-refractivity contribution in [2.75, 3.05) is 19.8 Å². The molecule has 17 heteroatoms. The Hall–Kier alpha value is 0.802. The van der Waals surface area contributed by atoms with E-state index in [1.165, 1.54) is 0 Å². The van der Waals surface area contributed by atoms with E-state index in [1.807, 2.05) is 0 Å². The fraction of sp³-hybridized carbons (Fsp3) is 1.00. The van der Waals surface area contributed by atoms with Gasteiger partial charge < -0.3 is 80.5 Å². The van der Waals surface area contributed by atoms with E-state index in [-0.39, 0.29) is 44.1 Å². The second-order valence-corrected chi connectivity index (χ2v) is 8.37. The molecule has 3 fully saturated rings. The first kappa shape index (κ1) is 32.0. The Morgan fingerprint density at radius 2 is 1.03 bits per heavy atom. The number of nitrogens with one attached hydrogen (secondary N) is 1. The standard InChI is InChI=1S/C18H32NO15.Ac/c19-7-10(25)14(6(3-22)30-16(7)29)33-18-13(28)15(9(24)5(2-21)32-18)34-17-12(27)11(26)8(23)4(1-20)31-17;/h4-29H,1-3H2;/q-1;. The average molecular weight is 729 g/mol. The molecule has 3 heterocycles. The third kappa shape index (κ3) is 6.69. The van der Waals surface area contributed by atoms with Crippen molar-refractivity contribution in [2.24, 2.45) is 0 Å². The van der Waals surface area contributed by atoms with Gasteiger partial charge in [0.25, 0.3) is 0 Å². The van der Waals surface area contributed by atoms with Crippen LogP contribution in [0, 0.1) is 44.1 Å². The van der Waals surface area contributed by atoms with Crippen molar-refractivity contribution < 1.29 is 119 Å². The summed E-state index contributed by atoms with van der Waals surface area (Å²) in [7, 11) is 0. The maximum absolute atomic E-state index is 10.8. The van der Waals surface area contributed by atoms with Crippen molar-refractivity contribution in [3.63, 3.8) is 0 Å². The normalized spacial score (nSPS) is 51.0. The van der Waals surface area contributed by atoms with E-state index in [0.29, 0.717) is 0 Å². The minimum Gasteiger partial charge on any atom is -0.668 e. The Morgan fingerprint density at radius 1 is 0.543 bits per heavy atom. The third-order valence-corrected chi connectivity index (χ3v) is 6.13. The first-order valence-electron chi connectivity index (χ1n) is 10.6. The molecule has 3 rings (SSSR count). The quantitative estimate of drug-likeness (QED) is 0.117. The van der Waals surface area contributed by atoms with Crippen molar-refractivity contribution >= 4 is 0 Å². The molecule has 0 spiro atoms. The van der Waals surface area contributed by atoms with Gasteiger partial charge >= 0.3 is 0 Å². The van der Waals surface area contributed by atoms with Crippen LogP contribution in [-0.4, -0.2) is 163 Å². The van der Waals surface area contributed by atoms with Crippen LogP contribution in [0.5, 0.6) is 0 Å². The van der Waals surface area contributed by atoms with Crippen molar-refractivity contribution in [1.29, 1.82) is 0 Å². The van der Waals surface area contributed by atoms with Crippen LogP contribution in [0.25, 0.3) is 5.73 Å². The second kappa shape index (κ2) is 13.7.